The highest BCUT2D eigenvalue weighted by Gasteiger charge is 2.13. The van der Waals surface area contributed by atoms with Crippen molar-refractivity contribution >= 4 is 15.8 Å². The van der Waals surface area contributed by atoms with Crippen LogP contribution in [0.15, 0.2) is 34.2 Å². The average molecular weight is 309 g/mol. The Morgan fingerprint density at radius 1 is 1.24 bits per heavy atom. The predicted octanol–water partition coefficient (Wildman–Crippen LogP) is 1.83. The molecule has 1 aromatic rings. The number of guanidine groups is 1. The van der Waals surface area contributed by atoms with E-state index in [9.17, 15) is 8.42 Å². The molecule has 0 heterocycles. The summed E-state index contributed by atoms with van der Waals surface area (Å²) in [6.45, 7) is 0.454. The van der Waals surface area contributed by atoms with Gasteiger partial charge in [0, 0.05) is 12.3 Å². The van der Waals surface area contributed by atoms with Crippen LogP contribution in [0, 0.1) is 0 Å². The van der Waals surface area contributed by atoms with Gasteiger partial charge < -0.3 is 11.1 Å². The van der Waals surface area contributed by atoms with Gasteiger partial charge in [0.05, 0.1) is 11.4 Å². The normalized spacial score (nSPS) is 17.7. The van der Waals surface area contributed by atoms with Crippen molar-refractivity contribution in [1.82, 2.24) is 5.32 Å². The molecule has 1 aromatic carbocycles. The van der Waals surface area contributed by atoms with Crippen molar-refractivity contribution in [2.75, 3.05) is 6.26 Å². The minimum Gasteiger partial charge on any atom is -0.370 e. The van der Waals surface area contributed by atoms with Crippen LogP contribution >= 0.6 is 0 Å². The van der Waals surface area contributed by atoms with E-state index in [-0.39, 0.29) is 0 Å². The Bertz CT molecular complexity index is 588. The van der Waals surface area contributed by atoms with Gasteiger partial charge in [-0.15, -0.1) is 0 Å². The quantitative estimate of drug-likeness (QED) is 0.656. The second-order valence-corrected chi connectivity index (χ2v) is 7.61. The predicted molar refractivity (Wildman–Crippen MR) is 84.9 cm³/mol. The van der Waals surface area contributed by atoms with Crippen LogP contribution in [-0.2, 0) is 16.4 Å². The highest BCUT2D eigenvalue weighted by molar-refractivity contribution is 7.90. The van der Waals surface area contributed by atoms with Crippen LogP contribution in [0.2, 0.25) is 0 Å². The molecule has 0 atom stereocenters. The summed E-state index contributed by atoms with van der Waals surface area (Å²) in [5, 5.41) is 3.26. The Labute approximate surface area is 126 Å². The second-order valence-electron chi connectivity index (χ2n) is 5.60. The van der Waals surface area contributed by atoms with Gasteiger partial charge in [-0.25, -0.2) is 13.4 Å². The van der Waals surface area contributed by atoms with Gasteiger partial charge in [-0.05, 0) is 30.5 Å². The molecule has 5 nitrogen and oxygen atoms in total. The van der Waals surface area contributed by atoms with Crippen LogP contribution < -0.4 is 11.1 Å². The molecule has 0 saturated heterocycles. The van der Waals surface area contributed by atoms with Crippen LogP contribution in [0.3, 0.4) is 0 Å². The van der Waals surface area contributed by atoms with E-state index in [1.807, 2.05) is 0 Å². The first-order valence-corrected chi connectivity index (χ1v) is 9.20. The lowest BCUT2D eigenvalue weighted by molar-refractivity contribution is 0.412. The first kappa shape index (κ1) is 15.8. The third kappa shape index (κ3) is 5.04. The van der Waals surface area contributed by atoms with Gasteiger partial charge in [0.1, 0.15) is 0 Å². The van der Waals surface area contributed by atoms with Crippen LogP contribution in [-0.4, -0.2) is 26.7 Å². The Morgan fingerprint density at radius 3 is 2.43 bits per heavy atom. The number of nitrogens with two attached hydrogens (primary N) is 1. The fourth-order valence-electron chi connectivity index (χ4n) is 2.52. The van der Waals surface area contributed by atoms with Crippen molar-refractivity contribution in [3.05, 3.63) is 29.8 Å². The lowest BCUT2D eigenvalue weighted by atomic mass is 9.96. The van der Waals surface area contributed by atoms with E-state index in [2.05, 4.69) is 10.3 Å². The highest BCUT2D eigenvalue weighted by atomic mass is 32.2. The molecule has 0 unspecified atom stereocenters. The molecule has 0 radical (unpaired) electrons. The number of sulfone groups is 1. The molecule has 2 rings (SSSR count). The molecule has 116 valence electrons. The summed E-state index contributed by atoms with van der Waals surface area (Å²) in [7, 11) is -3.14. The number of benzene rings is 1. The minimum absolute atomic E-state index is 0.323. The van der Waals surface area contributed by atoms with Crippen LogP contribution in [0.4, 0.5) is 0 Å². The summed E-state index contributed by atoms with van der Waals surface area (Å²) < 4.78 is 22.7. The first-order valence-electron chi connectivity index (χ1n) is 7.30. The minimum atomic E-state index is -3.14. The molecule has 1 fully saturated rings. The SMILES string of the molecule is CS(=O)(=O)c1ccc(CN=C(N)NC2CCCCC2)cc1. The van der Waals surface area contributed by atoms with Crippen molar-refractivity contribution < 1.29 is 8.42 Å². The van der Waals surface area contributed by atoms with E-state index in [4.69, 9.17) is 5.73 Å². The lowest BCUT2D eigenvalue weighted by Gasteiger charge is -2.23. The molecule has 0 aliphatic heterocycles. The van der Waals surface area contributed by atoms with Gasteiger partial charge in [-0.2, -0.15) is 0 Å². The molecule has 1 aliphatic carbocycles. The summed E-state index contributed by atoms with van der Waals surface area (Å²) in [5.41, 5.74) is 6.84. The number of nitrogens with one attached hydrogen (secondary N) is 1. The molecule has 0 amide bonds. The second kappa shape index (κ2) is 6.93. The third-order valence-corrected chi connectivity index (χ3v) is 4.87. The maximum absolute atomic E-state index is 11.4. The standard InChI is InChI=1S/C15H23N3O2S/c1-21(19,20)14-9-7-12(8-10-14)11-17-15(16)18-13-5-3-2-4-6-13/h7-10,13H,2-6,11H2,1H3,(H3,16,17,18). The van der Waals surface area contributed by atoms with Crippen LogP contribution in [0.1, 0.15) is 37.7 Å². The summed E-state index contributed by atoms with van der Waals surface area (Å²) in [6, 6.07) is 7.19. The Hall–Kier alpha value is -1.56. The molecule has 3 N–H and O–H groups in total. The summed E-state index contributed by atoms with van der Waals surface area (Å²) in [5.74, 6) is 0.467. The molecular weight excluding hydrogens is 286 g/mol. The maximum Gasteiger partial charge on any atom is 0.189 e. The molecule has 0 bridgehead atoms. The Morgan fingerprint density at radius 2 is 1.86 bits per heavy atom. The maximum atomic E-state index is 11.4. The number of aliphatic imine (C=N–C) groups is 1. The zero-order chi connectivity index (χ0) is 15.3. The molecule has 1 aliphatic rings. The van der Waals surface area contributed by atoms with Crippen LogP contribution in [0.5, 0.6) is 0 Å². The van der Waals surface area contributed by atoms with E-state index in [1.54, 1.807) is 24.3 Å². The van der Waals surface area contributed by atoms with Gasteiger partial charge in [-0.3, -0.25) is 0 Å². The van der Waals surface area contributed by atoms with Gasteiger partial charge in [0.2, 0.25) is 0 Å². The zero-order valence-electron chi connectivity index (χ0n) is 12.4. The van der Waals surface area contributed by atoms with Gasteiger partial charge >= 0.3 is 0 Å². The topological polar surface area (TPSA) is 84.5 Å². The number of hydrogen-bond donors (Lipinski definition) is 2. The van der Waals surface area contributed by atoms with Crippen LogP contribution in [0.25, 0.3) is 0 Å². The highest BCUT2D eigenvalue weighted by Crippen LogP contribution is 2.17. The lowest BCUT2D eigenvalue weighted by Crippen LogP contribution is -2.41. The zero-order valence-corrected chi connectivity index (χ0v) is 13.2. The third-order valence-electron chi connectivity index (χ3n) is 3.74. The summed E-state index contributed by atoms with van der Waals surface area (Å²) in [6.07, 6.45) is 7.31. The van der Waals surface area contributed by atoms with Crippen molar-refractivity contribution in [3.8, 4) is 0 Å². The van der Waals surface area contributed by atoms with Crippen molar-refractivity contribution in [2.24, 2.45) is 10.7 Å². The van der Waals surface area contributed by atoms with E-state index in [0.29, 0.717) is 23.4 Å². The molecule has 0 spiro atoms. The smallest absolute Gasteiger partial charge is 0.189 e. The largest absolute Gasteiger partial charge is 0.370 e. The molecule has 6 heteroatoms. The van der Waals surface area contributed by atoms with Crippen molar-refractivity contribution in [1.29, 1.82) is 0 Å². The Balaban J connectivity index is 1.90. The molecule has 1 saturated carbocycles. The number of nitrogens with zero attached hydrogens (tertiary/aromatic N) is 1. The average Bonchev–Trinajstić information content (AvgIpc) is 2.46. The first-order chi connectivity index (χ1) is 9.95. The van der Waals surface area contributed by atoms with E-state index < -0.39 is 9.84 Å². The van der Waals surface area contributed by atoms with Crippen molar-refractivity contribution in [3.63, 3.8) is 0 Å². The monoisotopic (exact) mass is 309 g/mol. The Kier molecular flexibility index (Phi) is 5.22. The summed E-state index contributed by atoms with van der Waals surface area (Å²) >= 11 is 0. The van der Waals surface area contributed by atoms with E-state index >= 15 is 0 Å². The number of rotatable bonds is 4. The molecular formula is C15H23N3O2S. The van der Waals surface area contributed by atoms with E-state index in [1.165, 1.54) is 25.5 Å². The van der Waals surface area contributed by atoms with E-state index in [0.717, 1.165) is 18.4 Å². The van der Waals surface area contributed by atoms with Gasteiger partial charge in [0.15, 0.2) is 15.8 Å². The molecule has 21 heavy (non-hydrogen) atoms. The fraction of sp³-hybridized carbons (Fsp3) is 0.533. The number of hydrogen-bond acceptors (Lipinski definition) is 3. The van der Waals surface area contributed by atoms with Gasteiger partial charge in [0.25, 0.3) is 0 Å². The van der Waals surface area contributed by atoms with Gasteiger partial charge in [-0.1, -0.05) is 31.4 Å². The molecule has 0 aromatic heterocycles. The summed E-state index contributed by atoms with van der Waals surface area (Å²) in [4.78, 5) is 4.64. The van der Waals surface area contributed by atoms with Crippen molar-refractivity contribution in [2.45, 2.75) is 49.6 Å². The fourth-order valence-corrected chi connectivity index (χ4v) is 3.15.